The van der Waals surface area contributed by atoms with Crippen LogP contribution in [-0.2, 0) is 6.42 Å². The molecule has 4 nitrogen and oxygen atoms in total. The van der Waals surface area contributed by atoms with Gasteiger partial charge in [-0.3, -0.25) is 4.79 Å². The van der Waals surface area contributed by atoms with Gasteiger partial charge in [-0.05, 0) is 48.6 Å². The number of halogens is 1. The minimum Gasteiger partial charge on any atom is -0.370 e. The van der Waals surface area contributed by atoms with E-state index in [1.807, 2.05) is 24.3 Å². The van der Waals surface area contributed by atoms with E-state index in [4.69, 9.17) is 11.6 Å². The molecule has 1 amide bonds. The van der Waals surface area contributed by atoms with Gasteiger partial charge in [0, 0.05) is 29.9 Å². The van der Waals surface area contributed by atoms with Crippen LogP contribution in [0.3, 0.4) is 0 Å². The van der Waals surface area contributed by atoms with Gasteiger partial charge < -0.3 is 10.6 Å². The summed E-state index contributed by atoms with van der Waals surface area (Å²) in [6, 6.07) is 11.2. The summed E-state index contributed by atoms with van der Waals surface area (Å²) in [4.78, 5) is 16.5. The van der Waals surface area contributed by atoms with Crippen molar-refractivity contribution >= 4 is 23.3 Å². The number of pyridine rings is 1. The first kappa shape index (κ1) is 18.3. The zero-order valence-corrected chi connectivity index (χ0v) is 14.9. The van der Waals surface area contributed by atoms with E-state index in [9.17, 15) is 4.79 Å². The molecule has 0 unspecified atom stereocenters. The Morgan fingerprint density at radius 1 is 1.17 bits per heavy atom. The van der Waals surface area contributed by atoms with Crippen molar-refractivity contribution in [2.24, 2.45) is 5.92 Å². The largest absolute Gasteiger partial charge is 0.370 e. The van der Waals surface area contributed by atoms with Crippen molar-refractivity contribution in [1.82, 2.24) is 10.3 Å². The van der Waals surface area contributed by atoms with Crippen molar-refractivity contribution in [2.75, 3.05) is 18.4 Å². The zero-order valence-electron chi connectivity index (χ0n) is 14.2. The summed E-state index contributed by atoms with van der Waals surface area (Å²) in [7, 11) is 0. The van der Waals surface area contributed by atoms with Crippen LogP contribution in [0.5, 0.6) is 0 Å². The number of benzene rings is 1. The van der Waals surface area contributed by atoms with Crippen LogP contribution in [-0.4, -0.2) is 24.0 Å². The summed E-state index contributed by atoms with van der Waals surface area (Å²) in [5.74, 6) is 1.29. The number of hydrogen-bond acceptors (Lipinski definition) is 3. The molecule has 0 bridgehead atoms. The minimum absolute atomic E-state index is 0.0849. The Morgan fingerprint density at radius 3 is 2.62 bits per heavy atom. The lowest BCUT2D eigenvalue weighted by atomic mass is 10.1. The maximum Gasteiger partial charge on any atom is 0.251 e. The highest BCUT2D eigenvalue weighted by Crippen LogP contribution is 2.10. The molecule has 24 heavy (non-hydrogen) atoms. The van der Waals surface area contributed by atoms with Gasteiger partial charge in [0.25, 0.3) is 5.91 Å². The van der Waals surface area contributed by atoms with Crippen LogP contribution in [0.25, 0.3) is 0 Å². The van der Waals surface area contributed by atoms with E-state index in [-0.39, 0.29) is 5.91 Å². The number of amides is 1. The molecular formula is C19H24ClN3O. The Balaban J connectivity index is 1.82. The molecule has 0 saturated heterocycles. The molecule has 0 aliphatic rings. The summed E-state index contributed by atoms with van der Waals surface area (Å²) >= 11 is 5.86. The summed E-state index contributed by atoms with van der Waals surface area (Å²) < 4.78 is 0. The molecule has 2 N–H and O–H groups in total. The summed E-state index contributed by atoms with van der Waals surface area (Å²) in [5.41, 5.74) is 1.76. The van der Waals surface area contributed by atoms with E-state index in [2.05, 4.69) is 29.5 Å². The molecule has 0 aliphatic carbocycles. The summed E-state index contributed by atoms with van der Waals surface area (Å²) in [6.45, 7) is 5.80. The molecule has 0 saturated carbocycles. The van der Waals surface area contributed by atoms with Gasteiger partial charge >= 0.3 is 0 Å². The Morgan fingerprint density at radius 2 is 1.92 bits per heavy atom. The number of hydrogen-bond donors (Lipinski definition) is 2. The van der Waals surface area contributed by atoms with Crippen molar-refractivity contribution in [3.05, 3.63) is 58.7 Å². The number of rotatable bonds is 8. The molecule has 1 aromatic carbocycles. The van der Waals surface area contributed by atoms with Crippen LogP contribution in [0.4, 0.5) is 5.82 Å². The van der Waals surface area contributed by atoms with Crippen molar-refractivity contribution < 1.29 is 4.79 Å². The first-order valence-corrected chi connectivity index (χ1v) is 8.65. The summed E-state index contributed by atoms with van der Waals surface area (Å²) in [6.07, 6.45) is 3.50. The van der Waals surface area contributed by atoms with Crippen molar-refractivity contribution in [2.45, 2.75) is 26.7 Å². The molecule has 1 aromatic heterocycles. The van der Waals surface area contributed by atoms with E-state index in [1.165, 1.54) is 0 Å². The predicted molar refractivity (Wildman–Crippen MR) is 99.7 cm³/mol. The van der Waals surface area contributed by atoms with Gasteiger partial charge in [0.2, 0.25) is 0 Å². The maximum atomic E-state index is 12.2. The molecule has 0 aliphatic heterocycles. The highest BCUT2D eigenvalue weighted by molar-refractivity contribution is 6.30. The van der Waals surface area contributed by atoms with Crippen LogP contribution in [0.2, 0.25) is 5.02 Å². The van der Waals surface area contributed by atoms with E-state index in [0.29, 0.717) is 18.0 Å². The first-order valence-electron chi connectivity index (χ1n) is 8.27. The van der Waals surface area contributed by atoms with Crippen molar-refractivity contribution in [3.8, 4) is 0 Å². The number of nitrogens with one attached hydrogen (secondary N) is 2. The third-order valence-corrected chi connectivity index (χ3v) is 3.91. The number of carbonyl (C=O) groups excluding carboxylic acids is 1. The molecule has 128 valence electrons. The normalized spacial score (nSPS) is 10.7. The second kappa shape index (κ2) is 9.28. The van der Waals surface area contributed by atoms with Crippen LogP contribution in [0.15, 0.2) is 42.6 Å². The van der Waals surface area contributed by atoms with Gasteiger partial charge in [-0.15, -0.1) is 0 Å². The quantitative estimate of drug-likeness (QED) is 0.755. The number of nitrogens with zero attached hydrogens (tertiary/aromatic N) is 1. The second-order valence-electron chi connectivity index (χ2n) is 6.17. The van der Waals surface area contributed by atoms with Crippen molar-refractivity contribution in [1.29, 1.82) is 0 Å². The fourth-order valence-electron chi connectivity index (χ4n) is 2.23. The monoisotopic (exact) mass is 345 g/mol. The zero-order chi connectivity index (χ0) is 17.4. The average molecular weight is 346 g/mol. The fourth-order valence-corrected chi connectivity index (χ4v) is 2.36. The van der Waals surface area contributed by atoms with Gasteiger partial charge in [0.1, 0.15) is 5.82 Å². The third-order valence-electron chi connectivity index (χ3n) is 3.66. The molecule has 0 atom stereocenters. The van der Waals surface area contributed by atoms with Crippen LogP contribution in [0.1, 0.15) is 36.2 Å². The lowest BCUT2D eigenvalue weighted by Gasteiger charge is -2.09. The average Bonchev–Trinajstić information content (AvgIpc) is 2.56. The Labute approximate surface area is 148 Å². The first-order chi connectivity index (χ1) is 11.5. The maximum absolute atomic E-state index is 12.2. The van der Waals surface area contributed by atoms with Gasteiger partial charge in [-0.1, -0.05) is 37.6 Å². The smallest absolute Gasteiger partial charge is 0.251 e. The standard InChI is InChI=1S/C19H24ClN3O/c1-14(2)7-10-21-18-13-16(9-12-22-18)19(24)23-11-8-15-3-5-17(20)6-4-15/h3-6,9,12-14H,7-8,10-11H2,1-2H3,(H,21,22)(H,23,24). The highest BCUT2D eigenvalue weighted by Gasteiger charge is 2.06. The topological polar surface area (TPSA) is 54.0 Å². The van der Waals surface area contributed by atoms with E-state index < -0.39 is 0 Å². The molecular weight excluding hydrogens is 322 g/mol. The lowest BCUT2D eigenvalue weighted by Crippen LogP contribution is -2.25. The third kappa shape index (κ3) is 6.20. The number of carbonyl (C=O) groups is 1. The van der Waals surface area contributed by atoms with Crippen molar-refractivity contribution in [3.63, 3.8) is 0 Å². The van der Waals surface area contributed by atoms with Gasteiger partial charge in [0.05, 0.1) is 0 Å². The van der Waals surface area contributed by atoms with E-state index >= 15 is 0 Å². The lowest BCUT2D eigenvalue weighted by molar-refractivity contribution is 0.0954. The fraction of sp³-hybridized carbons (Fsp3) is 0.368. The Bertz CT molecular complexity index is 656. The van der Waals surface area contributed by atoms with Gasteiger partial charge in [-0.25, -0.2) is 4.98 Å². The van der Waals surface area contributed by atoms with Crippen LogP contribution in [0, 0.1) is 5.92 Å². The predicted octanol–water partition coefficient (Wildman–Crippen LogP) is 4.17. The molecule has 2 aromatic rings. The molecule has 0 radical (unpaired) electrons. The SMILES string of the molecule is CC(C)CCNc1cc(C(=O)NCCc2ccc(Cl)cc2)ccn1. The van der Waals surface area contributed by atoms with Gasteiger partial charge in [0.15, 0.2) is 0 Å². The highest BCUT2D eigenvalue weighted by atomic mass is 35.5. The number of aromatic nitrogens is 1. The molecule has 5 heteroatoms. The van der Waals surface area contributed by atoms with Crippen LogP contribution >= 0.6 is 11.6 Å². The number of anilines is 1. The molecule has 2 rings (SSSR count). The Hall–Kier alpha value is -2.07. The molecule has 0 fully saturated rings. The minimum atomic E-state index is -0.0849. The van der Waals surface area contributed by atoms with Gasteiger partial charge in [-0.2, -0.15) is 0 Å². The van der Waals surface area contributed by atoms with E-state index in [1.54, 1.807) is 18.3 Å². The summed E-state index contributed by atoms with van der Waals surface area (Å²) in [5, 5.41) is 6.91. The molecule has 0 spiro atoms. The Kier molecular flexibility index (Phi) is 7.07. The second-order valence-corrected chi connectivity index (χ2v) is 6.61. The van der Waals surface area contributed by atoms with E-state index in [0.717, 1.165) is 35.8 Å². The molecule has 1 heterocycles. The van der Waals surface area contributed by atoms with Crippen LogP contribution < -0.4 is 10.6 Å².